The molecule has 0 aliphatic rings. The maximum absolute atomic E-state index is 12.4. The summed E-state index contributed by atoms with van der Waals surface area (Å²) in [7, 11) is 0. The second-order valence-electron chi connectivity index (χ2n) is 5.99. The lowest BCUT2D eigenvalue weighted by Crippen LogP contribution is -2.23. The Labute approximate surface area is 146 Å². The molecule has 2 N–H and O–H groups in total. The Kier molecular flexibility index (Phi) is 4.80. The normalized spacial score (nSPS) is 10.5. The molecular formula is C21H20N2O2. The number of pyridine rings is 1. The number of benzene rings is 2. The van der Waals surface area contributed by atoms with Gasteiger partial charge in [-0.2, -0.15) is 0 Å². The van der Waals surface area contributed by atoms with Crippen LogP contribution in [0.1, 0.15) is 28.4 Å². The molecule has 0 unspecified atom stereocenters. The maximum Gasteiger partial charge on any atom is 0.261 e. The zero-order chi connectivity index (χ0) is 17.8. The molecule has 0 fully saturated rings. The summed E-state index contributed by atoms with van der Waals surface area (Å²) < 4.78 is 0. The highest BCUT2D eigenvalue weighted by atomic mass is 16.2. The van der Waals surface area contributed by atoms with Gasteiger partial charge in [0, 0.05) is 11.4 Å². The molecule has 1 aromatic heterocycles. The van der Waals surface area contributed by atoms with Crippen molar-refractivity contribution in [1.29, 1.82) is 0 Å². The van der Waals surface area contributed by atoms with E-state index in [2.05, 4.69) is 17.2 Å². The number of aromatic nitrogens is 1. The molecule has 0 spiro atoms. The van der Waals surface area contributed by atoms with E-state index in [9.17, 15) is 9.59 Å². The first-order valence-electron chi connectivity index (χ1n) is 8.27. The number of aryl methyl sites for hydroxylation is 2. The van der Waals surface area contributed by atoms with E-state index in [1.807, 2.05) is 55.5 Å². The average molecular weight is 332 g/mol. The number of carbonyl (C=O) groups excluding carboxylic acids is 1. The molecule has 25 heavy (non-hydrogen) atoms. The Bertz CT molecular complexity index is 939. The molecule has 4 nitrogen and oxygen atoms in total. The molecule has 0 atom stereocenters. The second kappa shape index (κ2) is 7.18. The van der Waals surface area contributed by atoms with E-state index in [4.69, 9.17) is 0 Å². The number of hydrogen-bond acceptors (Lipinski definition) is 2. The minimum atomic E-state index is -0.416. The van der Waals surface area contributed by atoms with Crippen LogP contribution in [-0.4, -0.2) is 10.9 Å². The molecule has 0 saturated carbocycles. The summed E-state index contributed by atoms with van der Waals surface area (Å²) in [5, 5.41) is 2.76. The number of H-pyrrole nitrogens is 1. The van der Waals surface area contributed by atoms with Crippen molar-refractivity contribution < 1.29 is 4.79 Å². The van der Waals surface area contributed by atoms with Gasteiger partial charge >= 0.3 is 0 Å². The van der Waals surface area contributed by atoms with Crippen molar-refractivity contribution in [3.8, 4) is 11.3 Å². The lowest BCUT2D eigenvalue weighted by Gasteiger charge is -2.07. The second-order valence-corrected chi connectivity index (χ2v) is 5.99. The van der Waals surface area contributed by atoms with Crippen LogP contribution >= 0.6 is 0 Å². The van der Waals surface area contributed by atoms with Gasteiger partial charge in [-0.25, -0.2) is 0 Å². The Hall–Kier alpha value is -3.14. The van der Waals surface area contributed by atoms with Crippen LogP contribution in [0.5, 0.6) is 0 Å². The first kappa shape index (κ1) is 16.7. The van der Waals surface area contributed by atoms with Crippen molar-refractivity contribution in [2.45, 2.75) is 20.3 Å². The topological polar surface area (TPSA) is 62.0 Å². The predicted octanol–water partition coefficient (Wildman–Crippen LogP) is 4.17. The first-order valence-corrected chi connectivity index (χ1v) is 8.27. The van der Waals surface area contributed by atoms with Gasteiger partial charge < -0.3 is 10.3 Å². The molecule has 0 aliphatic heterocycles. The van der Waals surface area contributed by atoms with Gasteiger partial charge in [0.15, 0.2) is 0 Å². The molecule has 0 aliphatic carbocycles. The van der Waals surface area contributed by atoms with Gasteiger partial charge in [0.1, 0.15) is 5.56 Å². The quantitative estimate of drug-likeness (QED) is 0.753. The molecule has 126 valence electrons. The minimum Gasteiger partial charge on any atom is -0.322 e. The highest BCUT2D eigenvalue weighted by Gasteiger charge is 2.12. The number of rotatable bonds is 4. The molecule has 2 aromatic carbocycles. The van der Waals surface area contributed by atoms with E-state index < -0.39 is 11.5 Å². The Morgan fingerprint density at radius 3 is 2.24 bits per heavy atom. The number of anilines is 1. The molecule has 0 bridgehead atoms. The Morgan fingerprint density at radius 1 is 0.960 bits per heavy atom. The van der Waals surface area contributed by atoms with Crippen LogP contribution in [0.15, 0.2) is 65.5 Å². The fraction of sp³-hybridized carbons (Fsp3) is 0.143. The van der Waals surface area contributed by atoms with Crippen molar-refractivity contribution in [2.75, 3.05) is 5.32 Å². The standard InChI is InChI=1S/C21H20N2O2/c1-3-15-6-10-17(11-7-15)22-20(24)18-12-13-19(23-21(18)25)16-8-4-14(2)5-9-16/h4-13H,3H2,1-2H3,(H,22,24)(H,23,25). The Balaban J connectivity index is 1.81. The monoisotopic (exact) mass is 332 g/mol. The number of hydrogen-bond donors (Lipinski definition) is 2. The molecule has 0 saturated heterocycles. The summed E-state index contributed by atoms with van der Waals surface area (Å²) in [5.74, 6) is -0.416. The van der Waals surface area contributed by atoms with Gasteiger partial charge in [0.25, 0.3) is 11.5 Å². The number of aromatic amines is 1. The zero-order valence-corrected chi connectivity index (χ0v) is 14.3. The van der Waals surface area contributed by atoms with E-state index in [-0.39, 0.29) is 5.56 Å². The van der Waals surface area contributed by atoms with E-state index in [0.717, 1.165) is 17.5 Å². The third kappa shape index (κ3) is 3.86. The summed E-state index contributed by atoms with van der Waals surface area (Å²) in [4.78, 5) is 27.4. The molecule has 1 amide bonds. The highest BCUT2D eigenvalue weighted by molar-refractivity contribution is 6.04. The van der Waals surface area contributed by atoms with Gasteiger partial charge in [-0.3, -0.25) is 9.59 Å². The third-order valence-corrected chi connectivity index (χ3v) is 4.14. The van der Waals surface area contributed by atoms with Crippen LogP contribution in [-0.2, 0) is 6.42 Å². The van der Waals surface area contributed by atoms with Crippen LogP contribution in [0.3, 0.4) is 0 Å². The molecule has 1 heterocycles. The Morgan fingerprint density at radius 2 is 1.64 bits per heavy atom. The summed E-state index contributed by atoms with van der Waals surface area (Å²) >= 11 is 0. The third-order valence-electron chi connectivity index (χ3n) is 4.14. The SMILES string of the molecule is CCc1ccc(NC(=O)c2ccc(-c3ccc(C)cc3)[nH]c2=O)cc1. The zero-order valence-electron chi connectivity index (χ0n) is 14.3. The summed E-state index contributed by atoms with van der Waals surface area (Å²) in [6, 6.07) is 18.7. The number of amides is 1. The van der Waals surface area contributed by atoms with Gasteiger partial charge in [-0.15, -0.1) is 0 Å². The molecule has 0 radical (unpaired) electrons. The van der Waals surface area contributed by atoms with E-state index >= 15 is 0 Å². The summed E-state index contributed by atoms with van der Waals surface area (Å²) in [6.07, 6.45) is 0.939. The van der Waals surface area contributed by atoms with Crippen LogP contribution in [0.4, 0.5) is 5.69 Å². The molecule has 3 aromatic rings. The lowest BCUT2D eigenvalue weighted by atomic mass is 10.1. The minimum absolute atomic E-state index is 0.0930. The molecule has 4 heteroatoms. The van der Waals surface area contributed by atoms with Gasteiger partial charge in [0.2, 0.25) is 0 Å². The fourth-order valence-corrected chi connectivity index (χ4v) is 2.58. The molecule has 3 rings (SSSR count). The fourth-order valence-electron chi connectivity index (χ4n) is 2.58. The predicted molar refractivity (Wildman–Crippen MR) is 101 cm³/mol. The average Bonchev–Trinajstić information content (AvgIpc) is 2.62. The highest BCUT2D eigenvalue weighted by Crippen LogP contribution is 2.17. The van der Waals surface area contributed by atoms with Crippen LogP contribution in [0.25, 0.3) is 11.3 Å². The summed E-state index contributed by atoms with van der Waals surface area (Å²) in [5.41, 5.74) is 4.30. The van der Waals surface area contributed by atoms with Gasteiger partial charge in [0.05, 0.1) is 0 Å². The van der Waals surface area contributed by atoms with E-state index in [1.165, 1.54) is 5.56 Å². The largest absolute Gasteiger partial charge is 0.322 e. The van der Waals surface area contributed by atoms with Gasteiger partial charge in [-0.05, 0) is 48.7 Å². The van der Waals surface area contributed by atoms with Gasteiger partial charge in [-0.1, -0.05) is 48.9 Å². The smallest absolute Gasteiger partial charge is 0.261 e. The number of nitrogens with one attached hydrogen (secondary N) is 2. The van der Waals surface area contributed by atoms with Crippen LogP contribution < -0.4 is 10.9 Å². The van der Waals surface area contributed by atoms with E-state index in [0.29, 0.717) is 11.4 Å². The van der Waals surface area contributed by atoms with Crippen LogP contribution in [0.2, 0.25) is 0 Å². The van der Waals surface area contributed by atoms with Crippen molar-refractivity contribution in [2.24, 2.45) is 0 Å². The molecular weight excluding hydrogens is 312 g/mol. The maximum atomic E-state index is 12.4. The van der Waals surface area contributed by atoms with Crippen LogP contribution in [0, 0.1) is 6.92 Å². The number of carbonyl (C=O) groups is 1. The summed E-state index contributed by atoms with van der Waals surface area (Å²) in [6.45, 7) is 4.08. The lowest BCUT2D eigenvalue weighted by molar-refractivity contribution is 0.102. The van der Waals surface area contributed by atoms with Crippen molar-refractivity contribution in [3.05, 3.63) is 87.7 Å². The van der Waals surface area contributed by atoms with E-state index in [1.54, 1.807) is 12.1 Å². The first-order chi connectivity index (χ1) is 12.1. The van der Waals surface area contributed by atoms with Crippen molar-refractivity contribution in [1.82, 2.24) is 4.98 Å². The van der Waals surface area contributed by atoms with Crippen molar-refractivity contribution >= 4 is 11.6 Å². The van der Waals surface area contributed by atoms with Crippen molar-refractivity contribution in [3.63, 3.8) is 0 Å².